The highest BCUT2D eigenvalue weighted by Gasteiger charge is 2.19. The van der Waals surface area contributed by atoms with Crippen LogP contribution in [0.15, 0.2) is 29.3 Å². The van der Waals surface area contributed by atoms with Gasteiger partial charge in [-0.1, -0.05) is 11.6 Å². The maximum atomic E-state index is 12.8. The summed E-state index contributed by atoms with van der Waals surface area (Å²) >= 11 is 0. The van der Waals surface area contributed by atoms with E-state index in [0.717, 1.165) is 35.9 Å². The molecular weight excluding hydrogens is 314 g/mol. The predicted octanol–water partition coefficient (Wildman–Crippen LogP) is -1.01. The summed E-state index contributed by atoms with van der Waals surface area (Å²) < 4.78 is 1.76. The van der Waals surface area contributed by atoms with E-state index in [1.165, 1.54) is 31.7 Å². The molecule has 0 bridgehead atoms. The molecule has 6 heteroatoms. The van der Waals surface area contributed by atoms with Crippen LogP contribution in [0.5, 0.6) is 0 Å². The molecule has 1 aromatic carbocycles. The second kappa shape index (κ2) is 6.61. The smallest absolute Gasteiger partial charge is 0.277 e. The molecule has 0 amide bonds. The van der Waals surface area contributed by atoms with Crippen LogP contribution < -0.4 is 15.4 Å². The molecule has 1 aliphatic heterocycles. The number of nitrogens with one attached hydrogen (secondary N) is 3. The number of rotatable bonds is 4. The number of benzene rings is 1. The molecule has 0 unspecified atom stereocenters. The van der Waals surface area contributed by atoms with E-state index in [-0.39, 0.29) is 5.56 Å². The summed E-state index contributed by atoms with van der Waals surface area (Å²) in [7, 11) is 2.26. The van der Waals surface area contributed by atoms with Crippen LogP contribution in [0.3, 0.4) is 0 Å². The van der Waals surface area contributed by atoms with Crippen molar-refractivity contribution in [3.63, 3.8) is 0 Å². The zero-order chi connectivity index (χ0) is 17.4. The van der Waals surface area contributed by atoms with Crippen molar-refractivity contribution in [2.45, 2.75) is 19.9 Å². The largest absolute Gasteiger partial charge is 0.349 e. The number of nitrogens with zero attached hydrogens (tertiary/aromatic N) is 2. The van der Waals surface area contributed by atoms with Crippen LogP contribution in [0.4, 0.5) is 0 Å². The van der Waals surface area contributed by atoms with Gasteiger partial charge in [0.05, 0.1) is 19.9 Å². The van der Waals surface area contributed by atoms with E-state index in [9.17, 15) is 4.79 Å². The van der Waals surface area contributed by atoms with E-state index < -0.39 is 0 Å². The van der Waals surface area contributed by atoms with Gasteiger partial charge >= 0.3 is 0 Å². The third kappa shape index (κ3) is 3.19. The number of fused-ring (bicyclic) bond motifs is 3. The van der Waals surface area contributed by atoms with Gasteiger partial charge in [0.15, 0.2) is 0 Å². The van der Waals surface area contributed by atoms with Crippen molar-refractivity contribution >= 4 is 21.9 Å². The molecule has 1 fully saturated rings. The molecule has 25 heavy (non-hydrogen) atoms. The fourth-order valence-electron chi connectivity index (χ4n) is 3.84. The molecule has 1 saturated heterocycles. The number of piperazine rings is 1. The van der Waals surface area contributed by atoms with Gasteiger partial charge in [-0.25, -0.2) is 4.98 Å². The van der Waals surface area contributed by atoms with Crippen LogP contribution in [0.2, 0.25) is 0 Å². The Morgan fingerprint density at radius 3 is 2.84 bits per heavy atom. The zero-order valence-electron chi connectivity index (χ0n) is 15.1. The van der Waals surface area contributed by atoms with Crippen LogP contribution in [-0.2, 0) is 6.54 Å². The third-order valence-electron chi connectivity index (χ3n) is 5.47. The molecule has 0 atom stereocenters. The normalized spacial score (nSPS) is 21.2. The van der Waals surface area contributed by atoms with Gasteiger partial charge in [-0.05, 0) is 19.1 Å². The van der Waals surface area contributed by atoms with Crippen molar-refractivity contribution in [2.24, 2.45) is 0 Å². The van der Waals surface area contributed by atoms with Crippen molar-refractivity contribution in [3.05, 3.63) is 40.4 Å². The van der Waals surface area contributed by atoms with Crippen LogP contribution in [0.1, 0.15) is 12.0 Å². The summed E-state index contributed by atoms with van der Waals surface area (Å²) in [6.45, 7) is 8.89. The summed E-state index contributed by atoms with van der Waals surface area (Å²) in [6.07, 6.45) is 2.73. The van der Waals surface area contributed by atoms with E-state index in [1.54, 1.807) is 20.7 Å². The summed E-state index contributed by atoms with van der Waals surface area (Å²) in [4.78, 5) is 23.9. The molecule has 0 radical (unpaired) electrons. The molecule has 0 aliphatic carbocycles. The lowest BCUT2D eigenvalue weighted by molar-refractivity contribution is -1.00. The molecule has 3 N–H and O–H groups in total. The molecule has 6 nitrogen and oxygen atoms in total. The Labute approximate surface area is 147 Å². The Bertz CT molecular complexity index is 949. The van der Waals surface area contributed by atoms with Gasteiger partial charge in [-0.15, -0.1) is 0 Å². The number of hydrogen-bond acceptors (Lipinski definition) is 2. The SMILES string of the molecule is Cc1ccc2[nH]c3c(=O)n(CCC[NH+]4CC[NH+](C)CC4)cnc3c2c1. The molecule has 132 valence electrons. The molecule has 1 aliphatic rings. The van der Waals surface area contributed by atoms with E-state index in [2.05, 4.69) is 36.1 Å². The topological polar surface area (TPSA) is 59.6 Å². The summed E-state index contributed by atoms with van der Waals surface area (Å²) in [5, 5.41) is 1.03. The highest BCUT2D eigenvalue weighted by molar-refractivity contribution is 6.04. The van der Waals surface area contributed by atoms with E-state index in [0.29, 0.717) is 5.52 Å². The standard InChI is InChI=1S/C19H25N5O/c1-14-4-5-16-15(12-14)17-18(21-16)19(25)24(13-20-17)7-3-6-23-10-8-22(2)9-11-23/h4-5,12-13,21H,3,6-11H2,1-2H3/p+2. The number of aryl methyl sites for hydroxylation is 2. The Morgan fingerprint density at radius 1 is 1.24 bits per heavy atom. The van der Waals surface area contributed by atoms with Gasteiger partial charge in [-0.3, -0.25) is 9.36 Å². The number of quaternary nitrogens is 2. The van der Waals surface area contributed by atoms with Crippen molar-refractivity contribution < 1.29 is 9.80 Å². The van der Waals surface area contributed by atoms with Crippen molar-refractivity contribution in [3.8, 4) is 0 Å². The van der Waals surface area contributed by atoms with E-state index in [1.807, 2.05) is 6.07 Å². The first kappa shape index (κ1) is 16.3. The number of hydrogen-bond donors (Lipinski definition) is 3. The summed E-state index contributed by atoms with van der Waals surface area (Å²) in [5.74, 6) is 0. The highest BCUT2D eigenvalue weighted by atomic mass is 16.1. The van der Waals surface area contributed by atoms with Crippen molar-refractivity contribution in [1.82, 2.24) is 14.5 Å². The highest BCUT2D eigenvalue weighted by Crippen LogP contribution is 2.22. The minimum Gasteiger partial charge on any atom is -0.349 e. The van der Waals surface area contributed by atoms with Crippen LogP contribution in [-0.4, -0.2) is 54.3 Å². The van der Waals surface area contributed by atoms with Crippen LogP contribution >= 0.6 is 0 Å². The summed E-state index contributed by atoms with van der Waals surface area (Å²) in [5.41, 5.74) is 3.60. The average molecular weight is 341 g/mol. The Kier molecular flexibility index (Phi) is 4.31. The Balaban J connectivity index is 1.51. The quantitative estimate of drug-likeness (QED) is 0.570. The number of H-pyrrole nitrogens is 1. The van der Waals surface area contributed by atoms with Crippen molar-refractivity contribution in [1.29, 1.82) is 0 Å². The molecule has 0 saturated carbocycles. The van der Waals surface area contributed by atoms with Gasteiger partial charge in [0, 0.05) is 23.9 Å². The molecule has 2 aromatic heterocycles. The second-order valence-corrected chi connectivity index (χ2v) is 7.45. The van der Waals surface area contributed by atoms with Gasteiger partial charge in [-0.2, -0.15) is 0 Å². The van der Waals surface area contributed by atoms with Gasteiger partial charge in [0.2, 0.25) is 0 Å². The molecule has 4 rings (SSSR count). The monoisotopic (exact) mass is 341 g/mol. The van der Waals surface area contributed by atoms with Gasteiger partial charge < -0.3 is 14.8 Å². The number of aromatic amines is 1. The lowest BCUT2D eigenvalue weighted by atomic mass is 10.2. The zero-order valence-corrected chi connectivity index (χ0v) is 15.1. The number of aromatic nitrogens is 3. The average Bonchev–Trinajstić information content (AvgIpc) is 2.97. The van der Waals surface area contributed by atoms with Gasteiger partial charge in [0.25, 0.3) is 5.56 Å². The first-order chi connectivity index (χ1) is 12.1. The second-order valence-electron chi connectivity index (χ2n) is 7.45. The maximum absolute atomic E-state index is 12.8. The van der Waals surface area contributed by atoms with E-state index in [4.69, 9.17) is 0 Å². The lowest BCUT2D eigenvalue weighted by Gasteiger charge is -2.27. The molecule has 3 heterocycles. The fourth-order valence-corrected chi connectivity index (χ4v) is 3.84. The van der Waals surface area contributed by atoms with Crippen molar-refractivity contribution in [2.75, 3.05) is 39.8 Å². The van der Waals surface area contributed by atoms with Crippen LogP contribution in [0.25, 0.3) is 21.9 Å². The van der Waals surface area contributed by atoms with Gasteiger partial charge in [0.1, 0.15) is 37.2 Å². The molecular formula is C19H27N5O+2. The maximum Gasteiger partial charge on any atom is 0.277 e. The summed E-state index contributed by atoms with van der Waals surface area (Å²) in [6, 6.07) is 6.16. The Morgan fingerprint density at radius 2 is 2.04 bits per heavy atom. The minimum absolute atomic E-state index is 0.0386. The third-order valence-corrected chi connectivity index (χ3v) is 5.47. The number of likely N-dealkylation sites (N-methyl/N-ethyl adjacent to an activating group) is 1. The predicted molar refractivity (Wildman–Crippen MR) is 99.4 cm³/mol. The van der Waals surface area contributed by atoms with E-state index >= 15 is 0 Å². The van der Waals surface area contributed by atoms with Crippen LogP contribution in [0, 0.1) is 6.92 Å². The minimum atomic E-state index is 0.0386. The molecule has 3 aromatic rings. The molecule has 0 spiro atoms. The first-order valence-corrected chi connectivity index (χ1v) is 9.24. The first-order valence-electron chi connectivity index (χ1n) is 9.24. The fraction of sp³-hybridized carbons (Fsp3) is 0.474. The Hall–Kier alpha value is -2.18. The lowest BCUT2D eigenvalue weighted by Crippen LogP contribution is -3.27.